The first-order valence-corrected chi connectivity index (χ1v) is 7.73. The predicted octanol–water partition coefficient (Wildman–Crippen LogP) is 1.64. The van der Waals surface area contributed by atoms with Gasteiger partial charge in [0.2, 0.25) is 10.0 Å². The third kappa shape index (κ3) is 2.80. The number of hydrogen-bond donors (Lipinski definition) is 1. The molecule has 1 aromatic carbocycles. The van der Waals surface area contributed by atoms with Crippen LogP contribution in [0.3, 0.4) is 0 Å². The lowest BCUT2D eigenvalue weighted by Crippen LogP contribution is -2.29. The molecule has 1 aliphatic carbocycles. The standard InChI is InChI=1S/C13H19FN2O2S/c1-9-6-12(7-10(8-15-2)13(9)14)19(17,18)16(3)11-4-5-11/h6-7,11,15H,4-5,8H2,1-3H3. The summed E-state index contributed by atoms with van der Waals surface area (Å²) < 4.78 is 40.1. The molecular weight excluding hydrogens is 267 g/mol. The van der Waals surface area contributed by atoms with E-state index in [9.17, 15) is 12.8 Å². The molecule has 0 heterocycles. The summed E-state index contributed by atoms with van der Waals surface area (Å²) in [5, 5.41) is 2.85. The summed E-state index contributed by atoms with van der Waals surface area (Å²) in [6.45, 7) is 1.90. The Hall–Kier alpha value is -0.980. The van der Waals surface area contributed by atoms with Crippen LogP contribution in [0.25, 0.3) is 0 Å². The van der Waals surface area contributed by atoms with Crippen LogP contribution < -0.4 is 5.32 Å². The maximum atomic E-state index is 13.9. The minimum Gasteiger partial charge on any atom is -0.316 e. The summed E-state index contributed by atoms with van der Waals surface area (Å²) in [5.41, 5.74) is 0.737. The fourth-order valence-corrected chi connectivity index (χ4v) is 3.63. The van der Waals surface area contributed by atoms with E-state index in [1.807, 2.05) is 0 Å². The molecule has 0 bridgehead atoms. The Balaban J connectivity index is 2.44. The molecule has 1 fully saturated rings. The second-order valence-corrected chi connectivity index (χ2v) is 6.99. The van der Waals surface area contributed by atoms with Crippen LogP contribution in [0, 0.1) is 12.7 Å². The molecule has 0 saturated heterocycles. The van der Waals surface area contributed by atoms with Crippen LogP contribution in [0.2, 0.25) is 0 Å². The number of nitrogens with one attached hydrogen (secondary N) is 1. The van der Waals surface area contributed by atoms with Crippen LogP contribution in [0.15, 0.2) is 17.0 Å². The molecule has 0 aromatic heterocycles. The average molecular weight is 286 g/mol. The van der Waals surface area contributed by atoms with Crippen molar-refractivity contribution in [2.75, 3.05) is 14.1 Å². The van der Waals surface area contributed by atoms with E-state index < -0.39 is 10.0 Å². The number of halogens is 1. The zero-order chi connectivity index (χ0) is 14.2. The van der Waals surface area contributed by atoms with E-state index in [1.54, 1.807) is 21.0 Å². The lowest BCUT2D eigenvalue weighted by molar-refractivity contribution is 0.463. The third-order valence-corrected chi connectivity index (χ3v) is 5.30. The highest BCUT2D eigenvalue weighted by atomic mass is 32.2. The van der Waals surface area contributed by atoms with Gasteiger partial charge in [0, 0.05) is 25.2 Å². The van der Waals surface area contributed by atoms with E-state index in [1.165, 1.54) is 16.4 Å². The van der Waals surface area contributed by atoms with Gasteiger partial charge in [-0.05, 0) is 44.5 Å². The normalized spacial score (nSPS) is 16.1. The first kappa shape index (κ1) is 14.4. The smallest absolute Gasteiger partial charge is 0.243 e. The molecule has 0 unspecified atom stereocenters. The molecule has 0 atom stereocenters. The fourth-order valence-electron chi connectivity index (χ4n) is 2.08. The molecule has 0 spiro atoms. The molecule has 1 aromatic rings. The van der Waals surface area contributed by atoms with Gasteiger partial charge in [0.05, 0.1) is 4.90 Å². The second-order valence-electron chi connectivity index (χ2n) is 5.00. The molecule has 0 aliphatic heterocycles. The summed E-state index contributed by atoms with van der Waals surface area (Å²) in [7, 11) is -0.230. The average Bonchev–Trinajstić information content (AvgIpc) is 3.18. The number of hydrogen-bond acceptors (Lipinski definition) is 3. The van der Waals surface area contributed by atoms with Crippen LogP contribution in [-0.4, -0.2) is 32.9 Å². The molecule has 0 amide bonds. The van der Waals surface area contributed by atoms with Crippen LogP contribution in [0.1, 0.15) is 24.0 Å². The van der Waals surface area contributed by atoms with E-state index in [2.05, 4.69) is 5.32 Å². The summed E-state index contributed by atoms with van der Waals surface area (Å²) in [5.74, 6) is -0.345. The zero-order valence-electron chi connectivity index (χ0n) is 11.4. The minimum absolute atomic E-state index is 0.100. The number of benzene rings is 1. The molecule has 106 valence electrons. The Morgan fingerprint density at radius 3 is 2.58 bits per heavy atom. The molecular formula is C13H19FN2O2S. The van der Waals surface area contributed by atoms with Gasteiger partial charge in [0.25, 0.3) is 0 Å². The number of rotatable bonds is 5. The van der Waals surface area contributed by atoms with Gasteiger partial charge in [-0.2, -0.15) is 4.31 Å². The van der Waals surface area contributed by atoms with E-state index in [0.29, 0.717) is 17.7 Å². The van der Waals surface area contributed by atoms with Gasteiger partial charge in [-0.15, -0.1) is 0 Å². The van der Waals surface area contributed by atoms with Gasteiger partial charge in [-0.1, -0.05) is 0 Å². The lowest BCUT2D eigenvalue weighted by atomic mass is 10.1. The summed E-state index contributed by atoms with van der Waals surface area (Å²) in [6.07, 6.45) is 1.80. The predicted molar refractivity (Wildman–Crippen MR) is 71.9 cm³/mol. The van der Waals surface area contributed by atoms with Crippen LogP contribution >= 0.6 is 0 Å². The Morgan fingerprint density at radius 1 is 1.42 bits per heavy atom. The van der Waals surface area contributed by atoms with Gasteiger partial charge < -0.3 is 5.32 Å². The van der Waals surface area contributed by atoms with E-state index in [0.717, 1.165) is 12.8 Å². The van der Waals surface area contributed by atoms with Gasteiger partial charge in [0.1, 0.15) is 5.82 Å². The zero-order valence-corrected chi connectivity index (χ0v) is 12.2. The van der Waals surface area contributed by atoms with Gasteiger partial charge in [-0.3, -0.25) is 0 Å². The quantitative estimate of drug-likeness (QED) is 0.895. The van der Waals surface area contributed by atoms with Crippen LogP contribution in [0.4, 0.5) is 4.39 Å². The number of nitrogens with zero attached hydrogens (tertiary/aromatic N) is 1. The van der Waals surface area contributed by atoms with Crippen molar-refractivity contribution in [1.29, 1.82) is 0 Å². The van der Waals surface area contributed by atoms with Crippen LogP contribution in [0.5, 0.6) is 0 Å². The van der Waals surface area contributed by atoms with E-state index >= 15 is 0 Å². The Labute approximate surface area is 113 Å². The fraction of sp³-hybridized carbons (Fsp3) is 0.538. The van der Waals surface area contributed by atoms with Gasteiger partial charge in [0.15, 0.2) is 0 Å². The molecule has 19 heavy (non-hydrogen) atoms. The van der Waals surface area contributed by atoms with Crippen LogP contribution in [-0.2, 0) is 16.6 Å². The van der Waals surface area contributed by atoms with Crippen molar-refractivity contribution in [1.82, 2.24) is 9.62 Å². The van der Waals surface area contributed by atoms with Crippen molar-refractivity contribution in [3.8, 4) is 0 Å². The third-order valence-electron chi connectivity index (χ3n) is 3.41. The van der Waals surface area contributed by atoms with Crippen molar-refractivity contribution < 1.29 is 12.8 Å². The molecule has 4 nitrogen and oxygen atoms in total. The van der Waals surface area contributed by atoms with Crippen molar-refractivity contribution >= 4 is 10.0 Å². The summed E-state index contributed by atoms with van der Waals surface area (Å²) in [6, 6.07) is 2.93. The SMILES string of the molecule is CNCc1cc(S(=O)(=O)N(C)C2CC2)cc(C)c1F. The first-order chi connectivity index (χ1) is 8.87. The first-order valence-electron chi connectivity index (χ1n) is 6.29. The molecule has 1 aliphatic rings. The molecule has 1 saturated carbocycles. The monoisotopic (exact) mass is 286 g/mol. The number of sulfonamides is 1. The summed E-state index contributed by atoms with van der Waals surface area (Å²) >= 11 is 0. The largest absolute Gasteiger partial charge is 0.316 e. The molecule has 1 N–H and O–H groups in total. The van der Waals surface area contributed by atoms with E-state index in [-0.39, 0.29) is 16.8 Å². The van der Waals surface area contributed by atoms with E-state index in [4.69, 9.17) is 0 Å². The minimum atomic E-state index is -3.52. The highest BCUT2D eigenvalue weighted by Gasteiger charge is 2.35. The highest BCUT2D eigenvalue weighted by molar-refractivity contribution is 7.89. The van der Waals surface area contributed by atoms with Crippen molar-refractivity contribution in [2.24, 2.45) is 0 Å². The Morgan fingerprint density at radius 2 is 2.05 bits per heavy atom. The maximum absolute atomic E-state index is 13.9. The van der Waals surface area contributed by atoms with Crippen molar-refractivity contribution in [3.63, 3.8) is 0 Å². The molecule has 2 rings (SSSR count). The Bertz CT molecular complexity index is 583. The van der Waals surface area contributed by atoms with Gasteiger partial charge >= 0.3 is 0 Å². The maximum Gasteiger partial charge on any atom is 0.243 e. The topological polar surface area (TPSA) is 49.4 Å². The molecule has 6 heteroatoms. The lowest BCUT2D eigenvalue weighted by Gasteiger charge is -2.18. The molecule has 0 radical (unpaired) electrons. The highest BCUT2D eigenvalue weighted by Crippen LogP contribution is 2.31. The summed E-state index contributed by atoms with van der Waals surface area (Å²) in [4.78, 5) is 0.172. The van der Waals surface area contributed by atoms with Crippen molar-refractivity contribution in [3.05, 3.63) is 29.1 Å². The number of aryl methyl sites for hydroxylation is 1. The van der Waals surface area contributed by atoms with Crippen molar-refractivity contribution in [2.45, 2.75) is 37.2 Å². The second kappa shape index (κ2) is 5.19. The Kier molecular flexibility index (Phi) is 3.94. The van der Waals surface area contributed by atoms with Gasteiger partial charge in [-0.25, -0.2) is 12.8 Å².